The number of amidine groups is 1. The lowest BCUT2D eigenvalue weighted by Crippen LogP contribution is -2.19. The molecule has 1 amide bonds. The monoisotopic (exact) mass is 374 g/mol. The first-order chi connectivity index (χ1) is 12.1. The Balaban J connectivity index is 1.88. The summed E-state index contributed by atoms with van der Waals surface area (Å²) in [7, 11) is 3.14. The number of hydrogen-bond donors (Lipinski definition) is 1. The third-order valence-corrected chi connectivity index (χ3v) is 4.59. The molecule has 2 aromatic carbocycles. The summed E-state index contributed by atoms with van der Waals surface area (Å²) in [6, 6.07) is 12.6. The number of aliphatic imine (C=N–C) groups is 1. The van der Waals surface area contributed by atoms with Crippen LogP contribution in [0.15, 0.2) is 52.4 Å². The average molecular weight is 375 g/mol. The van der Waals surface area contributed by atoms with Gasteiger partial charge >= 0.3 is 0 Å². The Hall–Kier alpha value is -2.44. The predicted octanol–water partition coefficient (Wildman–Crippen LogP) is 4.25. The second-order valence-electron chi connectivity index (χ2n) is 5.04. The van der Waals surface area contributed by atoms with Crippen LogP contribution in [0.3, 0.4) is 0 Å². The van der Waals surface area contributed by atoms with Crippen LogP contribution in [-0.4, -0.2) is 25.3 Å². The highest BCUT2D eigenvalue weighted by molar-refractivity contribution is 8.18. The molecule has 0 aromatic heterocycles. The van der Waals surface area contributed by atoms with E-state index in [1.54, 1.807) is 50.6 Å². The maximum Gasteiger partial charge on any atom is 0.264 e. The first-order valence-electron chi connectivity index (χ1n) is 7.37. The van der Waals surface area contributed by atoms with E-state index in [0.717, 1.165) is 5.56 Å². The Morgan fingerprint density at radius 3 is 2.56 bits per heavy atom. The van der Waals surface area contributed by atoms with E-state index < -0.39 is 0 Å². The van der Waals surface area contributed by atoms with Crippen molar-refractivity contribution >= 4 is 46.2 Å². The van der Waals surface area contributed by atoms with E-state index in [1.165, 1.54) is 11.8 Å². The zero-order valence-corrected chi connectivity index (χ0v) is 15.1. The lowest BCUT2D eigenvalue weighted by molar-refractivity contribution is -0.115. The van der Waals surface area contributed by atoms with Crippen LogP contribution in [0.2, 0.25) is 5.02 Å². The molecule has 1 aliphatic heterocycles. The number of ether oxygens (including phenoxy) is 2. The molecule has 0 radical (unpaired) electrons. The van der Waals surface area contributed by atoms with E-state index in [9.17, 15) is 4.79 Å². The molecule has 0 aliphatic carbocycles. The molecule has 1 saturated heterocycles. The van der Waals surface area contributed by atoms with Gasteiger partial charge in [0.05, 0.1) is 24.8 Å². The lowest BCUT2D eigenvalue weighted by Gasteiger charge is -2.10. The van der Waals surface area contributed by atoms with Gasteiger partial charge in [-0.05, 0) is 48.2 Å². The van der Waals surface area contributed by atoms with Crippen molar-refractivity contribution in [3.05, 3.63) is 58.0 Å². The van der Waals surface area contributed by atoms with Gasteiger partial charge in [-0.1, -0.05) is 23.7 Å². The van der Waals surface area contributed by atoms with Crippen LogP contribution in [0, 0.1) is 0 Å². The summed E-state index contributed by atoms with van der Waals surface area (Å²) < 4.78 is 10.7. The zero-order valence-electron chi connectivity index (χ0n) is 13.6. The van der Waals surface area contributed by atoms with Crippen molar-refractivity contribution < 1.29 is 14.3 Å². The topological polar surface area (TPSA) is 59.9 Å². The van der Waals surface area contributed by atoms with Crippen molar-refractivity contribution in [2.45, 2.75) is 0 Å². The minimum absolute atomic E-state index is 0.206. The van der Waals surface area contributed by atoms with Gasteiger partial charge in [0, 0.05) is 10.6 Å². The maximum absolute atomic E-state index is 12.2. The van der Waals surface area contributed by atoms with Gasteiger partial charge in [-0.25, -0.2) is 4.99 Å². The summed E-state index contributed by atoms with van der Waals surface area (Å²) in [4.78, 5) is 17.2. The Labute approximate surface area is 154 Å². The molecular formula is C18H15ClN2O3S. The first kappa shape index (κ1) is 17.4. The largest absolute Gasteiger partial charge is 0.493 e. The highest BCUT2D eigenvalue weighted by Gasteiger charge is 2.24. The summed E-state index contributed by atoms with van der Waals surface area (Å²) in [5, 5.41) is 3.91. The second kappa shape index (κ2) is 7.63. The lowest BCUT2D eigenvalue weighted by atomic mass is 10.1. The molecule has 3 rings (SSSR count). The van der Waals surface area contributed by atoms with Crippen LogP contribution in [0.1, 0.15) is 5.56 Å². The molecule has 2 aromatic rings. The Morgan fingerprint density at radius 2 is 1.88 bits per heavy atom. The van der Waals surface area contributed by atoms with E-state index in [-0.39, 0.29) is 5.91 Å². The van der Waals surface area contributed by atoms with Gasteiger partial charge in [-0.3, -0.25) is 4.79 Å². The van der Waals surface area contributed by atoms with Crippen molar-refractivity contribution in [3.63, 3.8) is 0 Å². The quantitative estimate of drug-likeness (QED) is 0.813. The Kier molecular flexibility index (Phi) is 5.31. The number of rotatable bonds is 4. The molecule has 7 heteroatoms. The number of halogens is 1. The van der Waals surface area contributed by atoms with Crippen LogP contribution in [0.25, 0.3) is 6.08 Å². The van der Waals surface area contributed by atoms with Crippen LogP contribution < -0.4 is 14.8 Å². The Morgan fingerprint density at radius 1 is 1.12 bits per heavy atom. The molecule has 0 spiro atoms. The number of hydrogen-bond acceptors (Lipinski definition) is 5. The highest BCUT2D eigenvalue weighted by Crippen LogP contribution is 2.35. The number of methoxy groups -OCH3 is 2. The van der Waals surface area contributed by atoms with Gasteiger partial charge in [0.25, 0.3) is 5.91 Å². The van der Waals surface area contributed by atoms with E-state index in [1.807, 2.05) is 12.1 Å². The van der Waals surface area contributed by atoms with E-state index in [2.05, 4.69) is 10.3 Å². The molecule has 1 aliphatic rings. The van der Waals surface area contributed by atoms with Gasteiger partial charge in [-0.2, -0.15) is 0 Å². The predicted molar refractivity (Wildman–Crippen MR) is 102 cm³/mol. The van der Waals surface area contributed by atoms with Crippen LogP contribution in [0.5, 0.6) is 11.5 Å². The fraction of sp³-hybridized carbons (Fsp3) is 0.111. The van der Waals surface area contributed by atoms with Crippen molar-refractivity contribution in [1.82, 2.24) is 5.32 Å². The summed E-state index contributed by atoms with van der Waals surface area (Å²) in [6.45, 7) is 0. The van der Waals surface area contributed by atoms with Crippen molar-refractivity contribution in [2.24, 2.45) is 4.99 Å². The van der Waals surface area contributed by atoms with Gasteiger partial charge < -0.3 is 14.8 Å². The number of nitrogens with zero attached hydrogens (tertiary/aromatic N) is 1. The standard InChI is InChI=1S/C18H15ClN2O3S/c1-23-14-5-3-4-11(16(14)24-2)10-15-17(22)21-18(25-15)20-13-8-6-12(19)7-9-13/h3-10H,1-2H3,(H,20,21,22)/b15-10+. The molecule has 1 N–H and O–H groups in total. The molecule has 1 fully saturated rings. The zero-order chi connectivity index (χ0) is 17.8. The molecule has 1 heterocycles. The number of thioether (sulfide) groups is 1. The molecular weight excluding hydrogens is 360 g/mol. The Bertz CT molecular complexity index is 863. The summed E-state index contributed by atoms with van der Waals surface area (Å²) in [5.41, 5.74) is 1.47. The van der Waals surface area contributed by atoms with Gasteiger partial charge in [0.2, 0.25) is 0 Å². The number of carbonyl (C=O) groups excluding carboxylic acids is 1. The van der Waals surface area contributed by atoms with Crippen LogP contribution >= 0.6 is 23.4 Å². The fourth-order valence-electron chi connectivity index (χ4n) is 2.28. The van der Waals surface area contributed by atoms with E-state index in [0.29, 0.717) is 32.3 Å². The summed E-state index contributed by atoms with van der Waals surface area (Å²) in [6.07, 6.45) is 1.76. The van der Waals surface area contributed by atoms with Crippen LogP contribution in [0.4, 0.5) is 5.69 Å². The minimum atomic E-state index is -0.206. The molecule has 0 unspecified atom stereocenters. The maximum atomic E-state index is 12.2. The SMILES string of the molecule is COc1cccc(/C=C2/SC(=Nc3ccc(Cl)cc3)NC2=O)c1OC. The number of para-hydroxylation sites is 1. The molecule has 128 valence electrons. The normalized spacial score (nSPS) is 17.0. The number of benzene rings is 2. The minimum Gasteiger partial charge on any atom is -0.493 e. The highest BCUT2D eigenvalue weighted by atomic mass is 35.5. The summed E-state index contributed by atoms with van der Waals surface area (Å²) >= 11 is 7.13. The number of amides is 1. The van der Waals surface area contributed by atoms with E-state index >= 15 is 0 Å². The van der Waals surface area contributed by atoms with Crippen molar-refractivity contribution in [3.8, 4) is 11.5 Å². The van der Waals surface area contributed by atoms with Crippen molar-refractivity contribution in [1.29, 1.82) is 0 Å². The van der Waals surface area contributed by atoms with Crippen molar-refractivity contribution in [2.75, 3.05) is 14.2 Å². The molecule has 25 heavy (non-hydrogen) atoms. The third kappa shape index (κ3) is 3.97. The third-order valence-electron chi connectivity index (χ3n) is 3.43. The average Bonchev–Trinajstić information content (AvgIpc) is 2.95. The molecule has 0 bridgehead atoms. The van der Waals surface area contributed by atoms with Gasteiger partial charge in [0.15, 0.2) is 16.7 Å². The van der Waals surface area contributed by atoms with E-state index in [4.69, 9.17) is 21.1 Å². The van der Waals surface area contributed by atoms with Crippen LogP contribution in [-0.2, 0) is 4.79 Å². The smallest absolute Gasteiger partial charge is 0.264 e. The number of carbonyl (C=O) groups is 1. The molecule has 0 atom stereocenters. The molecule has 5 nitrogen and oxygen atoms in total. The second-order valence-corrected chi connectivity index (χ2v) is 6.51. The van der Waals surface area contributed by atoms with Gasteiger partial charge in [0.1, 0.15) is 0 Å². The first-order valence-corrected chi connectivity index (χ1v) is 8.56. The number of nitrogens with one attached hydrogen (secondary N) is 1. The van der Waals surface area contributed by atoms with Gasteiger partial charge in [-0.15, -0.1) is 0 Å². The summed E-state index contributed by atoms with van der Waals surface area (Å²) in [5.74, 6) is 0.979. The fourth-order valence-corrected chi connectivity index (χ4v) is 3.24. The molecule has 0 saturated carbocycles.